The lowest BCUT2D eigenvalue weighted by Gasteiger charge is -2.26. The molecule has 0 N–H and O–H groups in total. The number of carbonyl (C=O) groups excluding carboxylic acids is 1. The van der Waals surface area contributed by atoms with Crippen molar-refractivity contribution in [2.24, 2.45) is 0 Å². The Balaban J connectivity index is 1.90. The van der Waals surface area contributed by atoms with Gasteiger partial charge in [0.1, 0.15) is 0 Å². The molecule has 2 aromatic rings. The monoisotopic (exact) mass is 397 g/mol. The second kappa shape index (κ2) is 5.85. The Morgan fingerprint density at radius 1 is 1.40 bits per heavy atom. The Morgan fingerprint density at radius 3 is 2.90 bits per heavy atom. The molecule has 1 aliphatic rings. The minimum atomic E-state index is 0.176. The van der Waals surface area contributed by atoms with E-state index in [0.29, 0.717) is 0 Å². The fourth-order valence-electron chi connectivity index (χ4n) is 2.88. The van der Waals surface area contributed by atoms with Gasteiger partial charge in [-0.3, -0.25) is 4.79 Å². The van der Waals surface area contributed by atoms with E-state index in [0.717, 1.165) is 27.8 Å². The lowest BCUT2D eigenvalue weighted by molar-refractivity contribution is 0.0736. The molecule has 3 rings (SSSR count). The van der Waals surface area contributed by atoms with Crippen molar-refractivity contribution in [2.75, 3.05) is 6.54 Å². The van der Waals surface area contributed by atoms with Crippen LogP contribution < -0.4 is 0 Å². The molecule has 104 valence electrons. The molecule has 1 amide bonds. The molecule has 1 aromatic heterocycles. The van der Waals surface area contributed by atoms with Crippen LogP contribution in [0.2, 0.25) is 0 Å². The number of rotatable bonds is 2. The summed E-state index contributed by atoms with van der Waals surface area (Å²) < 4.78 is 1.16. The number of aryl methyl sites for hydroxylation is 1. The smallest absolute Gasteiger partial charge is 0.255 e. The van der Waals surface area contributed by atoms with Gasteiger partial charge in [0.2, 0.25) is 0 Å². The van der Waals surface area contributed by atoms with Crippen molar-refractivity contribution >= 4 is 39.8 Å². The molecule has 1 fully saturated rings. The second-order valence-electron chi connectivity index (χ2n) is 5.15. The lowest BCUT2D eigenvalue weighted by atomic mass is 9.99. The molecule has 1 unspecified atom stereocenters. The highest BCUT2D eigenvalue weighted by Crippen LogP contribution is 2.35. The van der Waals surface area contributed by atoms with Crippen LogP contribution in [0.15, 0.2) is 35.7 Å². The Morgan fingerprint density at radius 2 is 2.20 bits per heavy atom. The van der Waals surface area contributed by atoms with Crippen LogP contribution in [0.4, 0.5) is 0 Å². The third-order valence-corrected chi connectivity index (χ3v) is 5.66. The Labute approximate surface area is 136 Å². The van der Waals surface area contributed by atoms with Crippen LogP contribution >= 0.6 is 33.9 Å². The molecule has 0 bridgehead atoms. The quantitative estimate of drug-likeness (QED) is 0.677. The van der Waals surface area contributed by atoms with Gasteiger partial charge in [-0.15, -0.1) is 11.3 Å². The number of halogens is 1. The summed E-state index contributed by atoms with van der Waals surface area (Å²) in [6, 6.07) is 10.6. The number of thiophene rings is 1. The molecular formula is C16H16INOS. The molecule has 1 aliphatic heterocycles. The number of carbonyl (C=O) groups is 1. The zero-order valence-corrected chi connectivity index (χ0v) is 14.3. The van der Waals surface area contributed by atoms with Crippen molar-refractivity contribution in [3.05, 3.63) is 55.3 Å². The van der Waals surface area contributed by atoms with E-state index in [2.05, 4.69) is 53.8 Å². The summed E-state index contributed by atoms with van der Waals surface area (Å²) in [6.45, 7) is 2.99. The average molecular weight is 397 g/mol. The van der Waals surface area contributed by atoms with Crippen LogP contribution in [-0.2, 0) is 0 Å². The standard InChI is InChI=1S/C16H16INOS/c1-11-5-2-3-6-13(11)14-7-4-8-18(14)16(19)12-9-15(17)20-10-12/h2-3,5-6,9-10,14H,4,7-8H2,1H3. The van der Waals surface area contributed by atoms with E-state index in [1.807, 2.05) is 16.3 Å². The van der Waals surface area contributed by atoms with Crippen LogP contribution in [-0.4, -0.2) is 17.4 Å². The molecule has 2 nitrogen and oxygen atoms in total. The summed E-state index contributed by atoms with van der Waals surface area (Å²) in [5.74, 6) is 0.176. The first-order valence-corrected chi connectivity index (χ1v) is 8.73. The topological polar surface area (TPSA) is 20.3 Å². The van der Waals surface area contributed by atoms with E-state index in [9.17, 15) is 4.79 Å². The van der Waals surface area contributed by atoms with Gasteiger partial charge in [-0.2, -0.15) is 0 Å². The second-order valence-corrected chi connectivity index (χ2v) is 7.96. The fraction of sp³-hybridized carbons (Fsp3) is 0.312. The summed E-state index contributed by atoms with van der Waals surface area (Å²) in [5, 5.41) is 1.97. The van der Waals surface area contributed by atoms with Crippen LogP contribution in [0, 0.1) is 9.81 Å². The van der Waals surface area contributed by atoms with Crippen molar-refractivity contribution in [2.45, 2.75) is 25.8 Å². The van der Waals surface area contributed by atoms with E-state index < -0.39 is 0 Å². The van der Waals surface area contributed by atoms with Crippen molar-refractivity contribution in [3.63, 3.8) is 0 Å². The molecular weight excluding hydrogens is 381 g/mol. The van der Waals surface area contributed by atoms with Gasteiger partial charge >= 0.3 is 0 Å². The molecule has 1 aromatic carbocycles. The number of likely N-dealkylation sites (tertiary alicyclic amines) is 1. The highest BCUT2D eigenvalue weighted by molar-refractivity contribution is 14.1. The number of amides is 1. The van der Waals surface area contributed by atoms with Crippen LogP contribution in [0.1, 0.15) is 40.4 Å². The molecule has 1 saturated heterocycles. The minimum absolute atomic E-state index is 0.176. The largest absolute Gasteiger partial charge is 0.332 e. The molecule has 1 atom stereocenters. The number of hydrogen-bond acceptors (Lipinski definition) is 2. The summed E-state index contributed by atoms with van der Waals surface area (Å²) in [4.78, 5) is 14.7. The molecule has 0 aliphatic carbocycles. The van der Waals surface area contributed by atoms with Gasteiger partial charge in [-0.1, -0.05) is 24.3 Å². The molecule has 2 heterocycles. The zero-order chi connectivity index (χ0) is 14.1. The van der Waals surface area contributed by atoms with Crippen LogP contribution in [0.5, 0.6) is 0 Å². The van der Waals surface area contributed by atoms with E-state index in [1.54, 1.807) is 11.3 Å². The van der Waals surface area contributed by atoms with E-state index in [1.165, 1.54) is 11.1 Å². The first-order valence-electron chi connectivity index (χ1n) is 6.77. The van der Waals surface area contributed by atoms with Gasteiger partial charge < -0.3 is 4.90 Å². The van der Waals surface area contributed by atoms with Gasteiger partial charge in [0.25, 0.3) is 5.91 Å². The maximum Gasteiger partial charge on any atom is 0.255 e. The molecule has 4 heteroatoms. The first-order chi connectivity index (χ1) is 9.66. The third kappa shape index (κ3) is 2.63. The molecule has 0 radical (unpaired) electrons. The minimum Gasteiger partial charge on any atom is -0.332 e. The molecule has 0 spiro atoms. The Bertz CT molecular complexity index is 637. The van der Waals surface area contributed by atoms with Gasteiger partial charge in [0.05, 0.1) is 14.5 Å². The van der Waals surface area contributed by atoms with Crippen LogP contribution in [0.25, 0.3) is 0 Å². The molecule has 20 heavy (non-hydrogen) atoms. The number of benzene rings is 1. The summed E-state index contributed by atoms with van der Waals surface area (Å²) in [5.41, 5.74) is 3.40. The van der Waals surface area contributed by atoms with Crippen molar-refractivity contribution in [3.8, 4) is 0 Å². The number of nitrogens with zero attached hydrogens (tertiary/aromatic N) is 1. The normalized spacial score (nSPS) is 18.5. The van der Waals surface area contributed by atoms with Gasteiger partial charge in [0.15, 0.2) is 0 Å². The van der Waals surface area contributed by atoms with E-state index in [-0.39, 0.29) is 11.9 Å². The van der Waals surface area contributed by atoms with E-state index >= 15 is 0 Å². The molecule has 0 saturated carbocycles. The summed E-state index contributed by atoms with van der Waals surface area (Å²) >= 11 is 3.90. The Hall–Kier alpha value is -0.880. The Kier molecular flexibility index (Phi) is 4.12. The fourth-order valence-corrected chi connectivity index (χ4v) is 4.20. The summed E-state index contributed by atoms with van der Waals surface area (Å²) in [6.07, 6.45) is 2.16. The maximum absolute atomic E-state index is 12.7. The van der Waals surface area contributed by atoms with Gasteiger partial charge in [-0.05, 0) is 59.5 Å². The first kappa shape index (κ1) is 14.1. The van der Waals surface area contributed by atoms with E-state index in [4.69, 9.17) is 0 Å². The predicted molar refractivity (Wildman–Crippen MR) is 91.2 cm³/mol. The average Bonchev–Trinajstić information content (AvgIpc) is 3.07. The van der Waals surface area contributed by atoms with Crippen molar-refractivity contribution in [1.29, 1.82) is 0 Å². The predicted octanol–water partition coefficient (Wildman–Crippen LogP) is 4.64. The van der Waals surface area contributed by atoms with Gasteiger partial charge in [-0.25, -0.2) is 0 Å². The summed E-state index contributed by atoms with van der Waals surface area (Å²) in [7, 11) is 0. The highest BCUT2D eigenvalue weighted by atomic mass is 127. The maximum atomic E-state index is 12.7. The van der Waals surface area contributed by atoms with Crippen LogP contribution in [0.3, 0.4) is 0 Å². The lowest BCUT2D eigenvalue weighted by Crippen LogP contribution is -2.30. The highest BCUT2D eigenvalue weighted by Gasteiger charge is 2.31. The van der Waals surface area contributed by atoms with Gasteiger partial charge in [0, 0.05) is 11.9 Å². The number of hydrogen-bond donors (Lipinski definition) is 0. The zero-order valence-electron chi connectivity index (χ0n) is 11.3. The third-order valence-electron chi connectivity index (χ3n) is 3.88. The van der Waals surface area contributed by atoms with Crippen molar-refractivity contribution in [1.82, 2.24) is 4.90 Å². The SMILES string of the molecule is Cc1ccccc1C1CCCN1C(=O)c1csc(I)c1. The van der Waals surface area contributed by atoms with Crippen molar-refractivity contribution < 1.29 is 4.79 Å².